The second-order valence-electron chi connectivity index (χ2n) is 7.30. The smallest absolute Gasteiger partial charge is 0.466 e. The van der Waals surface area contributed by atoms with Crippen LogP contribution in [0, 0.1) is 5.92 Å². The largest absolute Gasteiger partial charge is 0.475 e. The van der Waals surface area contributed by atoms with Gasteiger partial charge in [0.2, 0.25) is 5.28 Å². The molecule has 2 N–H and O–H groups in total. The quantitative estimate of drug-likeness (QED) is 0.323. The van der Waals surface area contributed by atoms with E-state index in [2.05, 4.69) is 15.0 Å². The maximum atomic E-state index is 15.3. The van der Waals surface area contributed by atoms with E-state index in [9.17, 15) is 9.36 Å². The Hall–Kier alpha value is -1.89. The van der Waals surface area contributed by atoms with Crippen molar-refractivity contribution in [2.24, 2.45) is 5.92 Å². The zero-order valence-corrected chi connectivity index (χ0v) is 20.9. The van der Waals surface area contributed by atoms with Crippen molar-refractivity contribution in [2.45, 2.75) is 58.7 Å². The maximum absolute atomic E-state index is 15.3. The van der Waals surface area contributed by atoms with Crippen LogP contribution in [0.15, 0.2) is 6.33 Å². The van der Waals surface area contributed by atoms with Crippen molar-refractivity contribution in [1.29, 1.82) is 0 Å². The first-order valence-corrected chi connectivity index (χ1v) is 12.8. The maximum Gasteiger partial charge on any atom is 0.475 e. The number of ether oxygens (including phenoxy) is 2. The summed E-state index contributed by atoms with van der Waals surface area (Å²) in [6.45, 7) is 7.30. The first-order valence-electron chi connectivity index (χ1n) is 10.9. The van der Waals surface area contributed by atoms with Gasteiger partial charge in [0.1, 0.15) is 17.7 Å². The number of esters is 1. The van der Waals surface area contributed by atoms with Gasteiger partial charge in [-0.3, -0.25) is 22.9 Å². The zero-order valence-electron chi connectivity index (χ0n) is 19.2. The number of carbonyl (C=O) groups is 1. The fourth-order valence-electron chi connectivity index (χ4n) is 3.43. The van der Waals surface area contributed by atoms with Crippen molar-refractivity contribution < 1.29 is 36.8 Å². The van der Waals surface area contributed by atoms with Crippen LogP contribution in [0.25, 0.3) is 11.2 Å². The highest BCUT2D eigenvalue weighted by atomic mass is 35.5. The number of nitrogen functional groups attached to an aromatic ring is 1. The number of alkyl halides is 1. The fourth-order valence-corrected chi connectivity index (χ4v) is 5.01. The molecular weight excluding hydrogens is 496 g/mol. The van der Waals surface area contributed by atoms with E-state index in [1.165, 1.54) is 10.9 Å². The molecule has 0 aliphatic carbocycles. The molecule has 15 heteroatoms. The minimum atomic E-state index is -4.05. The molecule has 12 nitrogen and oxygen atoms in total. The van der Waals surface area contributed by atoms with E-state index < -0.39 is 44.3 Å². The molecule has 6 atom stereocenters. The van der Waals surface area contributed by atoms with Gasteiger partial charge < -0.3 is 15.2 Å². The van der Waals surface area contributed by atoms with Crippen LogP contribution in [-0.4, -0.2) is 63.7 Å². The fraction of sp³-hybridized carbons (Fsp3) is 0.684. The highest BCUT2D eigenvalue weighted by Gasteiger charge is 2.54. The van der Waals surface area contributed by atoms with Crippen molar-refractivity contribution in [3.8, 4) is 0 Å². The van der Waals surface area contributed by atoms with E-state index in [1.807, 2.05) is 13.8 Å². The van der Waals surface area contributed by atoms with Crippen molar-refractivity contribution in [2.75, 3.05) is 25.6 Å². The van der Waals surface area contributed by atoms with Gasteiger partial charge in [-0.15, -0.1) is 0 Å². The molecule has 0 amide bonds. The molecule has 190 valence electrons. The van der Waals surface area contributed by atoms with Crippen molar-refractivity contribution in [3.05, 3.63) is 11.6 Å². The predicted octanol–water partition coefficient (Wildman–Crippen LogP) is 3.45. The van der Waals surface area contributed by atoms with Crippen LogP contribution in [0.5, 0.6) is 0 Å². The van der Waals surface area contributed by atoms with Gasteiger partial charge in [-0.1, -0.05) is 20.8 Å². The van der Waals surface area contributed by atoms with Crippen LogP contribution < -0.4 is 5.73 Å². The minimum Gasteiger partial charge on any atom is -0.466 e. The number of rotatable bonds is 7. The Balaban J connectivity index is 0.00000158. The van der Waals surface area contributed by atoms with Gasteiger partial charge >= 0.3 is 13.8 Å². The average molecular weight is 524 g/mol. The molecule has 1 unspecified atom stereocenters. The zero-order chi connectivity index (χ0) is 25.0. The predicted molar refractivity (Wildman–Crippen MR) is 120 cm³/mol. The van der Waals surface area contributed by atoms with E-state index in [1.54, 1.807) is 13.8 Å². The standard InChI is InChI=1S/C17H22ClFN5O7P.C2H6/c1-3-27-16(25)8(2)4-5-28-32(26)29-6-9-12(31-32)10(19)15(30-9)24-7-21-11-13(20)22-17(18)23-14(11)24;1-2/h7-10,12,15H,3-6H2,1-2H3,(H2,20,22,23);1-2H3/t8-,9+,10-,12+,15+,32?;/m0./s1. The molecule has 2 aliphatic rings. The topological polar surface area (TPSA) is 150 Å². The summed E-state index contributed by atoms with van der Waals surface area (Å²) in [7, 11) is -4.05. The molecule has 34 heavy (non-hydrogen) atoms. The lowest BCUT2D eigenvalue weighted by Crippen LogP contribution is -2.38. The van der Waals surface area contributed by atoms with Crippen molar-refractivity contribution >= 4 is 42.4 Å². The Labute approximate surface area is 200 Å². The van der Waals surface area contributed by atoms with Gasteiger partial charge in [0.05, 0.1) is 32.1 Å². The Bertz CT molecular complexity index is 1060. The number of phosphoric acid groups is 1. The lowest BCUT2D eigenvalue weighted by Gasteiger charge is -2.30. The van der Waals surface area contributed by atoms with Gasteiger partial charge in [0.25, 0.3) is 0 Å². The van der Waals surface area contributed by atoms with Crippen LogP contribution in [0.2, 0.25) is 5.28 Å². The van der Waals surface area contributed by atoms with Crippen LogP contribution >= 0.6 is 19.4 Å². The molecule has 0 bridgehead atoms. The summed E-state index contributed by atoms with van der Waals surface area (Å²) in [6, 6.07) is 0. The summed E-state index contributed by atoms with van der Waals surface area (Å²) in [5.74, 6) is -0.824. The number of hydrogen-bond donors (Lipinski definition) is 1. The number of nitrogens with zero attached hydrogens (tertiary/aromatic N) is 4. The van der Waals surface area contributed by atoms with Crippen LogP contribution in [0.4, 0.5) is 10.2 Å². The Morgan fingerprint density at radius 3 is 2.88 bits per heavy atom. The number of nitrogens with two attached hydrogens (primary N) is 1. The molecule has 2 aromatic rings. The lowest BCUT2D eigenvalue weighted by molar-refractivity contribution is -0.147. The number of anilines is 1. The monoisotopic (exact) mass is 523 g/mol. The minimum absolute atomic E-state index is 0.0408. The molecule has 4 rings (SSSR count). The molecule has 2 saturated heterocycles. The van der Waals surface area contributed by atoms with Gasteiger partial charge in [-0.05, 0) is 24.9 Å². The Kier molecular flexibility index (Phi) is 8.82. The van der Waals surface area contributed by atoms with Crippen LogP contribution in [0.3, 0.4) is 0 Å². The van der Waals surface area contributed by atoms with E-state index in [4.69, 9.17) is 40.4 Å². The molecule has 0 spiro atoms. The van der Waals surface area contributed by atoms with Crippen molar-refractivity contribution in [1.82, 2.24) is 19.5 Å². The second kappa shape index (κ2) is 11.2. The summed E-state index contributed by atoms with van der Waals surface area (Å²) in [5, 5.41) is -0.128. The second-order valence-corrected chi connectivity index (χ2v) is 9.26. The number of imidazole rings is 1. The van der Waals surface area contributed by atoms with Gasteiger partial charge in [-0.2, -0.15) is 9.97 Å². The van der Waals surface area contributed by atoms with E-state index in [-0.39, 0.29) is 48.5 Å². The van der Waals surface area contributed by atoms with E-state index in [0.717, 1.165) is 0 Å². The third-order valence-corrected chi connectivity index (χ3v) is 6.73. The summed E-state index contributed by atoms with van der Waals surface area (Å²) >= 11 is 5.86. The molecule has 0 aromatic carbocycles. The average Bonchev–Trinajstić information content (AvgIpc) is 3.36. The van der Waals surface area contributed by atoms with E-state index >= 15 is 4.39 Å². The van der Waals surface area contributed by atoms with Crippen LogP contribution in [-0.2, 0) is 32.4 Å². The third kappa shape index (κ3) is 5.50. The Morgan fingerprint density at radius 1 is 1.44 bits per heavy atom. The number of fused-ring (bicyclic) bond motifs is 2. The van der Waals surface area contributed by atoms with Crippen LogP contribution in [0.1, 0.15) is 40.3 Å². The van der Waals surface area contributed by atoms with Gasteiger partial charge in [0, 0.05) is 0 Å². The third-order valence-electron chi connectivity index (χ3n) is 5.10. The number of halogens is 2. The number of carbonyl (C=O) groups excluding carboxylic acids is 1. The molecular formula is C19H28ClFN5O7P. The number of hydrogen-bond acceptors (Lipinski definition) is 11. The van der Waals surface area contributed by atoms with Gasteiger partial charge in [0.15, 0.2) is 23.9 Å². The summed E-state index contributed by atoms with van der Waals surface area (Å²) in [5.41, 5.74) is 6.21. The molecule has 4 heterocycles. The number of aromatic nitrogens is 4. The molecule has 0 radical (unpaired) electrons. The lowest BCUT2D eigenvalue weighted by atomic mass is 10.1. The summed E-state index contributed by atoms with van der Waals surface area (Å²) in [4.78, 5) is 23.6. The molecule has 2 fully saturated rings. The van der Waals surface area contributed by atoms with Gasteiger partial charge in [-0.25, -0.2) is 13.9 Å². The SMILES string of the molecule is CC.CCOC(=O)[C@@H](C)CCOP1(=O)OC[C@H]2O[C@@H](n3cnc4c(N)nc(Cl)nc43)[C@@H](F)[C@@H]2O1. The summed E-state index contributed by atoms with van der Waals surface area (Å²) in [6.07, 6.45) is -3.47. The molecule has 0 saturated carbocycles. The highest BCUT2D eigenvalue weighted by molar-refractivity contribution is 7.48. The van der Waals surface area contributed by atoms with E-state index in [0.29, 0.717) is 0 Å². The van der Waals surface area contributed by atoms with Crippen molar-refractivity contribution in [3.63, 3.8) is 0 Å². The molecule has 2 aliphatic heterocycles. The first kappa shape index (κ1) is 26.7. The normalized spacial score (nSPS) is 29.2. The molecule has 2 aromatic heterocycles. The number of phosphoric ester groups is 1. The highest BCUT2D eigenvalue weighted by Crippen LogP contribution is 2.57. The Morgan fingerprint density at radius 2 is 2.18 bits per heavy atom. The first-order chi connectivity index (χ1) is 16.2. The summed E-state index contributed by atoms with van der Waals surface area (Å²) < 4.78 is 55.9.